The van der Waals surface area contributed by atoms with Crippen LogP contribution >= 0.6 is 0 Å². The largest absolute Gasteiger partial charge is 0.496 e. The van der Waals surface area contributed by atoms with Crippen molar-refractivity contribution in [1.82, 2.24) is 4.90 Å². The molecule has 1 aliphatic rings. The summed E-state index contributed by atoms with van der Waals surface area (Å²) in [6.45, 7) is 6.87. The van der Waals surface area contributed by atoms with E-state index in [4.69, 9.17) is 9.47 Å². The van der Waals surface area contributed by atoms with Gasteiger partial charge in [-0.25, -0.2) is 0 Å². The molecule has 0 fully saturated rings. The van der Waals surface area contributed by atoms with Gasteiger partial charge in [0.25, 0.3) is 0 Å². The van der Waals surface area contributed by atoms with Gasteiger partial charge in [-0.1, -0.05) is 25.8 Å². The van der Waals surface area contributed by atoms with Gasteiger partial charge in [0.15, 0.2) is 0 Å². The summed E-state index contributed by atoms with van der Waals surface area (Å²) in [6, 6.07) is 0. The maximum Gasteiger partial charge on any atom is 0.100 e. The fraction of sp³-hybridized carbons (Fsp3) is 0.750. The molecule has 1 atom stereocenters. The predicted molar refractivity (Wildman–Crippen MR) is 80.2 cm³/mol. The minimum absolute atomic E-state index is 0.191. The number of likely N-dealkylation sites (N-methyl/N-ethyl adjacent to an activating group) is 1. The first-order valence-electron chi connectivity index (χ1n) is 7.40. The highest BCUT2D eigenvalue weighted by Gasteiger charge is 2.15. The van der Waals surface area contributed by atoms with Crippen LogP contribution in [0.3, 0.4) is 0 Å². The molecule has 0 saturated heterocycles. The zero-order valence-corrected chi connectivity index (χ0v) is 12.9. The van der Waals surface area contributed by atoms with Crippen LogP contribution < -0.4 is 0 Å². The van der Waals surface area contributed by atoms with Crippen molar-refractivity contribution in [2.24, 2.45) is 0 Å². The molecule has 1 rings (SSSR count). The molecule has 0 saturated carbocycles. The van der Waals surface area contributed by atoms with Gasteiger partial charge in [-0.15, -0.1) is 0 Å². The van der Waals surface area contributed by atoms with E-state index in [-0.39, 0.29) is 6.10 Å². The summed E-state index contributed by atoms with van der Waals surface area (Å²) in [4.78, 5) is 2.13. The normalized spacial score (nSPS) is 19.3. The second-order valence-corrected chi connectivity index (χ2v) is 5.49. The molecule has 110 valence electrons. The Bertz CT molecular complexity index is 308. The monoisotopic (exact) mass is 267 g/mol. The lowest BCUT2D eigenvalue weighted by molar-refractivity contribution is 0.0638. The standard InChI is InChI=1S/C16H29NO2/c1-5-6-7-9-18-15-11-14(2)12-16(13-15)19-10-8-17(3)4/h11-12,15H,5-10,13H2,1-4H3. The molecule has 1 unspecified atom stereocenters. The van der Waals surface area contributed by atoms with Crippen LogP contribution in [-0.2, 0) is 9.47 Å². The fourth-order valence-electron chi connectivity index (χ4n) is 2.07. The molecule has 0 heterocycles. The van der Waals surface area contributed by atoms with Crippen molar-refractivity contribution in [2.75, 3.05) is 33.9 Å². The van der Waals surface area contributed by atoms with Crippen molar-refractivity contribution in [3.63, 3.8) is 0 Å². The van der Waals surface area contributed by atoms with E-state index in [9.17, 15) is 0 Å². The van der Waals surface area contributed by atoms with Crippen molar-refractivity contribution in [2.45, 2.75) is 45.6 Å². The Labute approximate surface area is 118 Å². The number of ether oxygens (including phenoxy) is 2. The van der Waals surface area contributed by atoms with Crippen LogP contribution in [0.1, 0.15) is 39.5 Å². The highest BCUT2D eigenvalue weighted by Crippen LogP contribution is 2.21. The van der Waals surface area contributed by atoms with E-state index in [1.54, 1.807) is 0 Å². The zero-order chi connectivity index (χ0) is 14.1. The van der Waals surface area contributed by atoms with Crippen LogP contribution in [0.5, 0.6) is 0 Å². The lowest BCUT2D eigenvalue weighted by atomic mass is 10.0. The Morgan fingerprint density at radius 2 is 2.05 bits per heavy atom. The highest BCUT2D eigenvalue weighted by atomic mass is 16.5. The first-order chi connectivity index (χ1) is 9.11. The van der Waals surface area contributed by atoms with E-state index < -0.39 is 0 Å². The molecule has 3 heteroatoms. The number of allylic oxidation sites excluding steroid dienone is 2. The summed E-state index contributed by atoms with van der Waals surface area (Å²) in [6.07, 6.45) is 9.03. The first-order valence-corrected chi connectivity index (χ1v) is 7.40. The van der Waals surface area contributed by atoms with Crippen LogP contribution in [0.15, 0.2) is 23.5 Å². The molecule has 0 aromatic rings. The van der Waals surface area contributed by atoms with Crippen LogP contribution in [0.25, 0.3) is 0 Å². The molecule has 0 spiro atoms. The average molecular weight is 267 g/mol. The lowest BCUT2D eigenvalue weighted by Gasteiger charge is -2.22. The van der Waals surface area contributed by atoms with Gasteiger partial charge in [0.05, 0.1) is 11.9 Å². The van der Waals surface area contributed by atoms with Crippen molar-refractivity contribution in [3.05, 3.63) is 23.5 Å². The number of hydrogen-bond acceptors (Lipinski definition) is 3. The van der Waals surface area contributed by atoms with E-state index in [1.807, 2.05) is 0 Å². The molecule has 1 aliphatic carbocycles. The van der Waals surface area contributed by atoms with Gasteiger partial charge in [-0.05, 0) is 39.1 Å². The number of rotatable bonds is 9. The molecule has 19 heavy (non-hydrogen) atoms. The molecule has 0 aromatic heterocycles. The van der Waals surface area contributed by atoms with Gasteiger partial charge in [0.1, 0.15) is 6.61 Å². The second kappa shape index (κ2) is 9.16. The average Bonchev–Trinajstić information content (AvgIpc) is 2.34. The van der Waals surface area contributed by atoms with Gasteiger partial charge in [-0.2, -0.15) is 0 Å². The third-order valence-electron chi connectivity index (χ3n) is 3.15. The van der Waals surface area contributed by atoms with E-state index in [1.165, 1.54) is 18.4 Å². The summed E-state index contributed by atoms with van der Waals surface area (Å²) in [5, 5.41) is 0. The lowest BCUT2D eigenvalue weighted by Crippen LogP contribution is -2.20. The first kappa shape index (κ1) is 16.3. The van der Waals surface area contributed by atoms with E-state index in [0.29, 0.717) is 0 Å². The van der Waals surface area contributed by atoms with Gasteiger partial charge in [0, 0.05) is 19.6 Å². The minimum Gasteiger partial charge on any atom is -0.496 e. The van der Waals surface area contributed by atoms with Crippen LogP contribution in [-0.4, -0.2) is 44.9 Å². The number of hydrogen-bond donors (Lipinski definition) is 0. The van der Waals surface area contributed by atoms with Crippen molar-refractivity contribution in [3.8, 4) is 0 Å². The van der Waals surface area contributed by atoms with Crippen LogP contribution in [0, 0.1) is 0 Å². The maximum atomic E-state index is 5.91. The zero-order valence-electron chi connectivity index (χ0n) is 12.9. The van der Waals surface area contributed by atoms with E-state index >= 15 is 0 Å². The van der Waals surface area contributed by atoms with Gasteiger partial charge in [-0.3, -0.25) is 0 Å². The Kier molecular flexibility index (Phi) is 7.84. The van der Waals surface area contributed by atoms with E-state index in [2.05, 4.69) is 45.0 Å². The number of unbranched alkanes of at least 4 members (excludes halogenated alkanes) is 2. The van der Waals surface area contributed by atoms with Crippen molar-refractivity contribution >= 4 is 0 Å². The summed E-state index contributed by atoms with van der Waals surface area (Å²) < 4.78 is 11.7. The summed E-state index contributed by atoms with van der Waals surface area (Å²) in [5.74, 6) is 1.06. The van der Waals surface area contributed by atoms with Crippen molar-refractivity contribution in [1.29, 1.82) is 0 Å². The molecule has 0 radical (unpaired) electrons. The molecule has 0 N–H and O–H groups in total. The molecule has 0 bridgehead atoms. The van der Waals surface area contributed by atoms with Gasteiger partial charge < -0.3 is 14.4 Å². The molecular weight excluding hydrogens is 238 g/mol. The van der Waals surface area contributed by atoms with Crippen LogP contribution in [0.2, 0.25) is 0 Å². The molecular formula is C16H29NO2. The second-order valence-electron chi connectivity index (χ2n) is 5.49. The molecule has 0 aliphatic heterocycles. The summed E-state index contributed by atoms with van der Waals surface area (Å²) in [7, 11) is 4.12. The predicted octanol–water partition coefficient (Wildman–Crippen LogP) is 3.37. The Morgan fingerprint density at radius 3 is 2.74 bits per heavy atom. The topological polar surface area (TPSA) is 21.7 Å². The van der Waals surface area contributed by atoms with Gasteiger partial charge in [0.2, 0.25) is 0 Å². The minimum atomic E-state index is 0.191. The van der Waals surface area contributed by atoms with Gasteiger partial charge >= 0.3 is 0 Å². The quantitative estimate of drug-likeness (QED) is 0.598. The van der Waals surface area contributed by atoms with Crippen LogP contribution in [0.4, 0.5) is 0 Å². The molecule has 0 aromatic carbocycles. The molecule has 0 amide bonds. The third kappa shape index (κ3) is 7.38. The Balaban J connectivity index is 2.29. The summed E-state index contributed by atoms with van der Waals surface area (Å²) >= 11 is 0. The van der Waals surface area contributed by atoms with E-state index in [0.717, 1.165) is 38.4 Å². The summed E-state index contributed by atoms with van der Waals surface area (Å²) in [5.41, 5.74) is 1.24. The molecule has 3 nitrogen and oxygen atoms in total. The number of nitrogens with zero attached hydrogens (tertiary/aromatic N) is 1. The maximum absolute atomic E-state index is 5.91. The fourth-order valence-corrected chi connectivity index (χ4v) is 2.07. The highest BCUT2D eigenvalue weighted by molar-refractivity contribution is 5.25. The Morgan fingerprint density at radius 1 is 1.26 bits per heavy atom. The third-order valence-corrected chi connectivity index (χ3v) is 3.15. The Hall–Kier alpha value is -0.800. The van der Waals surface area contributed by atoms with Crippen molar-refractivity contribution < 1.29 is 9.47 Å². The smallest absolute Gasteiger partial charge is 0.100 e. The SMILES string of the molecule is CCCCCOC1C=C(C)C=C(OCCN(C)C)C1.